The Balaban J connectivity index is 2.61. The van der Waals surface area contributed by atoms with Crippen molar-refractivity contribution in [3.8, 4) is 11.4 Å². The van der Waals surface area contributed by atoms with E-state index in [1.54, 1.807) is 14.0 Å². The Labute approximate surface area is 120 Å². The van der Waals surface area contributed by atoms with Gasteiger partial charge in [-0.05, 0) is 28.9 Å². The number of alkyl halides is 3. The molecule has 0 atom stereocenters. The summed E-state index contributed by atoms with van der Waals surface area (Å²) in [6.45, 7) is 2.15. The first-order chi connectivity index (χ1) is 9.32. The fourth-order valence-electron chi connectivity index (χ4n) is 1.55. The fraction of sp³-hybridized carbons (Fsp3) is 0.400. The summed E-state index contributed by atoms with van der Waals surface area (Å²) in [5.41, 5.74) is -0.591. The SMILES string of the molecule is CCNc1nc(-c2c(Br)nnn2C)cc(C(F)(F)F)n1. The number of rotatable bonds is 3. The van der Waals surface area contributed by atoms with Gasteiger partial charge in [0.05, 0.1) is 5.69 Å². The molecule has 0 aliphatic rings. The van der Waals surface area contributed by atoms with Crippen LogP contribution in [0.15, 0.2) is 10.7 Å². The van der Waals surface area contributed by atoms with Crippen LogP contribution in [0.25, 0.3) is 11.4 Å². The van der Waals surface area contributed by atoms with E-state index in [1.165, 1.54) is 4.68 Å². The number of anilines is 1. The highest BCUT2D eigenvalue weighted by Gasteiger charge is 2.34. The maximum absolute atomic E-state index is 12.9. The molecule has 6 nitrogen and oxygen atoms in total. The topological polar surface area (TPSA) is 68.5 Å². The second-order valence-electron chi connectivity index (χ2n) is 3.84. The van der Waals surface area contributed by atoms with E-state index in [0.29, 0.717) is 16.8 Å². The van der Waals surface area contributed by atoms with E-state index in [2.05, 4.69) is 41.5 Å². The lowest BCUT2D eigenvalue weighted by Crippen LogP contribution is -2.13. The van der Waals surface area contributed by atoms with Gasteiger partial charge in [0.2, 0.25) is 5.95 Å². The molecular weight excluding hydrogens is 341 g/mol. The van der Waals surface area contributed by atoms with Gasteiger partial charge in [-0.25, -0.2) is 14.6 Å². The van der Waals surface area contributed by atoms with Crippen molar-refractivity contribution in [1.82, 2.24) is 25.0 Å². The Bertz CT molecular complexity index is 604. The van der Waals surface area contributed by atoms with E-state index < -0.39 is 11.9 Å². The van der Waals surface area contributed by atoms with Crippen molar-refractivity contribution in [3.63, 3.8) is 0 Å². The Kier molecular flexibility index (Phi) is 3.93. The average molecular weight is 351 g/mol. The molecular formula is C10H10BrF3N6. The van der Waals surface area contributed by atoms with Crippen molar-refractivity contribution < 1.29 is 13.2 Å². The molecule has 0 aromatic carbocycles. The molecule has 2 aromatic heterocycles. The molecule has 2 heterocycles. The lowest BCUT2D eigenvalue weighted by molar-refractivity contribution is -0.141. The number of nitrogens with one attached hydrogen (secondary N) is 1. The van der Waals surface area contributed by atoms with E-state index in [1.807, 2.05) is 0 Å². The Morgan fingerprint density at radius 3 is 2.55 bits per heavy atom. The monoisotopic (exact) mass is 350 g/mol. The van der Waals surface area contributed by atoms with Crippen LogP contribution in [-0.2, 0) is 13.2 Å². The standard InChI is InChI=1S/C10H10BrF3N6/c1-3-15-9-16-5(4-6(17-9)10(12,13)14)7-8(11)18-19-20(7)2/h4H,3H2,1-2H3,(H,15,16,17). The van der Waals surface area contributed by atoms with Gasteiger partial charge < -0.3 is 5.32 Å². The van der Waals surface area contributed by atoms with E-state index in [0.717, 1.165) is 6.07 Å². The van der Waals surface area contributed by atoms with Gasteiger partial charge in [-0.2, -0.15) is 13.2 Å². The number of halogens is 4. The zero-order chi connectivity index (χ0) is 14.9. The van der Waals surface area contributed by atoms with Crippen LogP contribution in [0.2, 0.25) is 0 Å². The molecule has 0 aliphatic heterocycles. The first-order valence-electron chi connectivity index (χ1n) is 5.58. The minimum atomic E-state index is -4.56. The second-order valence-corrected chi connectivity index (χ2v) is 4.59. The van der Waals surface area contributed by atoms with Crippen LogP contribution in [-0.4, -0.2) is 31.5 Å². The zero-order valence-corrected chi connectivity index (χ0v) is 12.1. The Morgan fingerprint density at radius 2 is 2.05 bits per heavy atom. The lowest BCUT2D eigenvalue weighted by Gasteiger charge is -2.11. The smallest absolute Gasteiger partial charge is 0.354 e. The maximum Gasteiger partial charge on any atom is 0.433 e. The van der Waals surface area contributed by atoms with Crippen molar-refractivity contribution in [2.45, 2.75) is 13.1 Å². The van der Waals surface area contributed by atoms with Crippen molar-refractivity contribution >= 4 is 21.9 Å². The van der Waals surface area contributed by atoms with Crippen molar-refractivity contribution in [3.05, 3.63) is 16.4 Å². The molecule has 2 rings (SSSR count). The molecule has 0 fully saturated rings. The molecule has 108 valence electrons. The van der Waals surface area contributed by atoms with E-state index in [9.17, 15) is 13.2 Å². The average Bonchev–Trinajstić information content (AvgIpc) is 2.68. The third kappa shape index (κ3) is 2.89. The number of hydrogen-bond donors (Lipinski definition) is 1. The molecule has 1 N–H and O–H groups in total. The minimum Gasteiger partial charge on any atom is -0.354 e. The summed E-state index contributed by atoms with van der Waals surface area (Å²) in [5, 5.41) is 10.1. The summed E-state index contributed by atoms with van der Waals surface area (Å²) in [7, 11) is 1.56. The zero-order valence-electron chi connectivity index (χ0n) is 10.5. The van der Waals surface area contributed by atoms with E-state index in [4.69, 9.17) is 0 Å². The quantitative estimate of drug-likeness (QED) is 0.920. The van der Waals surface area contributed by atoms with Crippen LogP contribution in [0.4, 0.5) is 19.1 Å². The Hall–Kier alpha value is -1.71. The number of aryl methyl sites for hydroxylation is 1. The molecule has 0 saturated carbocycles. The highest BCUT2D eigenvalue weighted by atomic mass is 79.9. The van der Waals surface area contributed by atoms with Gasteiger partial charge in [0.1, 0.15) is 5.69 Å². The Morgan fingerprint density at radius 1 is 1.35 bits per heavy atom. The van der Waals surface area contributed by atoms with E-state index in [-0.39, 0.29) is 11.6 Å². The van der Waals surface area contributed by atoms with Gasteiger partial charge in [-0.1, -0.05) is 5.21 Å². The van der Waals surface area contributed by atoms with Crippen molar-refractivity contribution in [2.75, 3.05) is 11.9 Å². The van der Waals surface area contributed by atoms with Gasteiger partial charge in [0, 0.05) is 13.6 Å². The summed E-state index contributed by atoms with van der Waals surface area (Å²) < 4.78 is 40.2. The van der Waals surface area contributed by atoms with Crippen LogP contribution in [0.5, 0.6) is 0 Å². The van der Waals surface area contributed by atoms with Gasteiger partial charge in [0.15, 0.2) is 10.3 Å². The predicted molar refractivity (Wildman–Crippen MR) is 68.9 cm³/mol. The van der Waals surface area contributed by atoms with Crippen LogP contribution < -0.4 is 5.32 Å². The predicted octanol–water partition coefficient (Wildman–Crippen LogP) is 2.49. The minimum absolute atomic E-state index is 0.0858. The molecule has 2 aromatic rings. The van der Waals surface area contributed by atoms with Crippen molar-refractivity contribution in [1.29, 1.82) is 0 Å². The molecule has 0 unspecified atom stereocenters. The number of nitrogens with zero attached hydrogens (tertiary/aromatic N) is 5. The summed E-state index contributed by atoms with van der Waals surface area (Å²) in [5.74, 6) is -0.0922. The van der Waals surface area contributed by atoms with Crippen LogP contribution in [0, 0.1) is 0 Å². The molecule has 0 saturated heterocycles. The normalized spacial score (nSPS) is 11.7. The molecule has 0 radical (unpaired) electrons. The summed E-state index contributed by atoms with van der Waals surface area (Å²) in [6, 6.07) is 0.865. The van der Waals surface area contributed by atoms with Gasteiger partial charge in [0.25, 0.3) is 0 Å². The summed E-state index contributed by atoms with van der Waals surface area (Å²) in [4.78, 5) is 7.50. The first kappa shape index (κ1) is 14.7. The molecule has 0 bridgehead atoms. The highest BCUT2D eigenvalue weighted by Crippen LogP contribution is 2.32. The largest absolute Gasteiger partial charge is 0.433 e. The molecule has 0 aliphatic carbocycles. The second kappa shape index (κ2) is 5.35. The maximum atomic E-state index is 12.9. The highest BCUT2D eigenvalue weighted by molar-refractivity contribution is 9.10. The fourth-order valence-corrected chi connectivity index (χ4v) is 2.09. The summed E-state index contributed by atoms with van der Waals surface area (Å²) in [6.07, 6.45) is -4.56. The van der Waals surface area contributed by atoms with Gasteiger partial charge >= 0.3 is 6.18 Å². The summed E-state index contributed by atoms with van der Waals surface area (Å²) >= 11 is 3.14. The number of aromatic nitrogens is 5. The van der Waals surface area contributed by atoms with Crippen LogP contribution >= 0.6 is 15.9 Å². The van der Waals surface area contributed by atoms with Crippen LogP contribution in [0.1, 0.15) is 12.6 Å². The van der Waals surface area contributed by atoms with Gasteiger partial charge in [-0.3, -0.25) is 0 Å². The molecule has 0 spiro atoms. The van der Waals surface area contributed by atoms with Crippen LogP contribution in [0.3, 0.4) is 0 Å². The third-order valence-electron chi connectivity index (χ3n) is 2.38. The first-order valence-corrected chi connectivity index (χ1v) is 6.38. The molecule has 10 heteroatoms. The lowest BCUT2D eigenvalue weighted by atomic mass is 10.2. The van der Waals surface area contributed by atoms with Gasteiger partial charge in [-0.15, -0.1) is 5.10 Å². The van der Waals surface area contributed by atoms with Crippen molar-refractivity contribution in [2.24, 2.45) is 7.05 Å². The number of hydrogen-bond acceptors (Lipinski definition) is 5. The molecule has 0 amide bonds. The molecule has 20 heavy (non-hydrogen) atoms. The van der Waals surface area contributed by atoms with E-state index >= 15 is 0 Å². The third-order valence-corrected chi connectivity index (χ3v) is 2.91.